The van der Waals surface area contributed by atoms with E-state index in [1.54, 1.807) is 0 Å². The van der Waals surface area contributed by atoms with Gasteiger partial charge in [0.05, 0.1) is 27.1 Å². The number of hydrogen-bond acceptors (Lipinski definition) is 6. The molecular weight excluding hydrogens is 421 g/mol. The Kier molecular flexibility index (Phi) is 26.8. The van der Waals surface area contributed by atoms with Gasteiger partial charge in [-0.1, -0.05) is 70.4 Å². The summed E-state index contributed by atoms with van der Waals surface area (Å²) in [5.74, 6) is -0.281. The number of carbonyl (C=O) groups is 1. The molecule has 31 heavy (non-hydrogen) atoms. The van der Waals surface area contributed by atoms with E-state index in [-0.39, 0.29) is 18.2 Å². The fourth-order valence-corrected chi connectivity index (χ4v) is 3.34. The van der Waals surface area contributed by atoms with Crippen LogP contribution in [-0.4, -0.2) is 30.3 Å². The van der Waals surface area contributed by atoms with Crippen LogP contribution < -0.4 is 27.4 Å². The Morgan fingerprint density at radius 3 is 1.90 bits per heavy atom. The van der Waals surface area contributed by atoms with Crippen molar-refractivity contribution >= 4 is 13.7 Å². The number of phosphoric acid groups is 1. The fourth-order valence-electron chi connectivity index (χ4n) is 2.98. The number of unbranched alkanes of at least 4 members (excludes halogenated alkanes) is 11. The molecule has 0 unspecified atom stereocenters. The number of aliphatic hydroxyl groups is 1. The molecular formula is C21H48N3O6P. The number of amides is 1. The SMILES string of the molecule is CCCCCCCCC=CCCCCCCCC(=O)N[C@H](CO)COP(=O)([O-])[O-].[NH4+].[NH4+]. The number of rotatable bonds is 20. The molecule has 10 N–H and O–H groups in total. The highest BCUT2D eigenvalue weighted by Gasteiger charge is 2.12. The van der Waals surface area contributed by atoms with Gasteiger partial charge in [0.25, 0.3) is 0 Å². The molecule has 0 aromatic heterocycles. The lowest BCUT2D eigenvalue weighted by Crippen LogP contribution is -2.41. The highest BCUT2D eigenvalue weighted by Crippen LogP contribution is 2.24. The van der Waals surface area contributed by atoms with Gasteiger partial charge in [-0.3, -0.25) is 4.79 Å². The summed E-state index contributed by atoms with van der Waals surface area (Å²) in [6.07, 6.45) is 20.2. The summed E-state index contributed by atoms with van der Waals surface area (Å²) < 4.78 is 14.5. The maximum Gasteiger partial charge on any atom is 0.220 e. The van der Waals surface area contributed by atoms with E-state index in [4.69, 9.17) is 5.11 Å². The van der Waals surface area contributed by atoms with E-state index in [2.05, 4.69) is 28.9 Å². The molecule has 9 nitrogen and oxygen atoms in total. The van der Waals surface area contributed by atoms with E-state index in [1.807, 2.05) is 0 Å². The number of nitrogens with one attached hydrogen (secondary N) is 1. The van der Waals surface area contributed by atoms with Crippen molar-refractivity contribution in [3.05, 3.63) is 12.2 Å². The first kappa shape index (κ1) is 34.8. The van der Waals surface area contributed by atoms with Crippen LogP contribution in [0.2, 0.25) is 0 Å². The van der Waals surface area contributed by atoms with Gasteiger partial charge in [-0.2, -0.15) is 0 Å². The maximum atomic E-state index is 11.8. The van der Waals surface area contributed by atoms with Gasteiger partial charge in [0.2, 0.25) is 5.91 Å². The minimum absolute atomic E-state index is 0. The van der Waals surface area contributed by atoms with Crippen LogP contribution in [-0.2, 0) is 13.9 Å². The van der Waals surface area contributed by atoms with Crippen molar-refractivity contribution in [2.24, 2.45) is 0 Å². The summed E-state index contributed by atoms with van der Waals surface area (Å²) >= 11 is 0. The molecule has 10 heteroatoms. The molecule has 0 radical (unpaired) electrons. The van der Waals surface area contributed by atoms with Gasteiger partial charge in [0.1, 0.15) is 0 Å². The van der Waals surface area contributed by atoms with Crippen molar-refractivity contribution in [2.75, 3.05) is 13.2 Å². The largest absolute Gasteiger partial charge is 0.790 e. The minimum atomic E-state index is -5.10. The molecule has 188 valence electrons. The maximum absolute atomic E-state index is 11.8. The molecule has 0 aliphatic rings. The fraction of sp³-hybridized carbons (Fsp3) is 0.857. The predicted molar refractivity (Wildman–Crippen MR) is 124 cm³/mol. The first-order chi connectivity index (χ1) is 13.9. The highest BCUT2D eigenvalue weighted by atomic mass is 31.2. The van der Waals surface area contributed by atoms with Crippen LogP contribution in [0.1, 0.15) is 96.8 Å². The molecule has 1 atom stereocenters. The Morgan fingerprint density at radius 1 is 0.935 bits per heavy atom. The molecule has 0 saturated heterocycles. The zero-order chi connectivity index (χ0) is 21.8. The summed E-state index contributed by atoms with van der Waals surface area (Å²) in [4.78, 5) is 32.6. The topological polar surface area (TPSA) is 195 Å². The monoisotopic (exact) mass is 469 g/mol. The zero-order valence-electron chi connectivity index (χ0n) is 20.0. The second-order valence-electron chi connectivity index (χ2n) is 7.52. The molecule has 0 aromatic rings. The van der Waals surface area contributed by atoms with Gasteiger partial charge in [0, 0.05) is 6.42 Å². The van der Waals surface area contributed by atoms with Crippen LogP contribution in [0, 0.1) is 0 Å². The number of phosphoric ester groups is 1. The molecule has 1 amide bonds. The Labute approximate surface area is 188 Å². The van der Waals surface area contributed by atoms with Crippen LogP contribution in [0.5, 0.6) is 0 Å². The summed E-state index contributed by atoms with van der Waals surface area (Å²) in [5.41, 5.74) is 0. The molecule has 0 saturated carbocycles. The van der Waals surface area contributed by atoms with Gasteiger partial charge in [-0.05, 0) is 32.1 Å². The smallest absolute Gasteiger partial charge is 0.220 e. The zero-order valence-corrected chi connectivity index (χ0v) is 20.9. The lowest BCUT2D eigenvalue weighted by molar-refractivity contribution is -0.342. The van der Waals surface area contributed by atoms with Gasteiger partial charge < -0.3 is 41.6 Å². The number of carbonyl (C=O) groups excluding carboxylic acids is 1. The average molecular weight is 470 g/mol. The van der Waals surface area contributed by atoms with E-state index in [9.17, 15) is 19.1 Å². The van der Waals surface area contributed by atoms with Crippen molar-refractivity contribution in [2.45, 2.75) is 103 Å². The van der Waals surface area contributed by atoms with Crippen molar-refractivity contribution in [3.63, 3.8) is 0 Å². The summed E-state index contributed by atoms with van der Waals surface area (Å²) in [6, 6.07) is -0.887. The first-order valence-electron chi connectivity index (χ1n) is 11.1. The number of quaternary nitrogens is 2. The number of aliphatic hydroxyl groups excluding tert-OH is 1. The van der Waals surface area contributed by atoms with E-state index < -0.39 is 27.1 Å². The van der Waals surface area contributed by atoms with Crippen LogP contribution in [0.25, 0.3) is 0 Å². The summed E-state index contributed by atoms with van der Waals surface area (Å²) in [7, 11) is -5.10. The third-order valence-electron chi connectivity index (χ3n) is 4.68. The van der Waals surface area contributed by atoms with Crippen molar-refractivity contribution in [1.82, 2.24) is 17.6 Å². The molecule has 0 aliphatic heterocycles. The van der Waals surface area contributed by atoms with Crippen molar-refractivity contribution in [1.29, 1.82) is 0 Å². The van der Waals surface area contributed by atoms with E-state index in [0.29, 0.717) is 6.42 Å². The second-order valence-corrected chi connectivity index (χ2v) is 8.68. The normalized spacial score (nSPS) is 12.3. The molecule has 0 bridgehead atoms. The summed E-state index contributed by atoms with van der Waals surface area (Å²) in [6.45, 7) is 1.21. The molecule has 0 heterocycles. The third kappa shape index (κ3) is 27.2. The highest BCUT2D eigenvalue weighted by molar-refractivity contribution is 7.43. The first-order valence-corrected chi connectivity index (χ1v) is 12.6. The van der Waals surface area contributed by atoms with E-state index >= 15 is 0 Å². The molecule has 0 fully saturated rings. The molecule has 0 aliphatic carbocycles. The number of hydrogen-bond donors (Lipinski definition) is 4. The summed E-state index contributed by atoms with van der Waals surface area (Å²) in [5, 5.41) is 11.5. The van der Waals surface area contributed by atoms with Gasteiger partial charge in [-0.25, -0.2) is 0 Å². The quantitative estimate of drug-likeness (QED) is 0.118. The lowest BCUT2D eigenvalue weighted by atomic mass is 10.1. The Balaban J connectivity index is -0.00000392. The van der Waals surface area contributed by atoms with Crippen molar-refractivity contribution < 1.29 is 28.8 Å². The Morgan fingerprint density at radius 2 is 1.42 bits per heavy atom. The number of allylic oxidation sites excluding steroid dienone is 2. The average Bonchev–Trinajstić information content (AvgIpc) is 2.67. The molecule has 0 spiro atoms. The van der Waals surface area contributed by atoms with Crippen LogP contribution >= 0.6 is 7.82 Å². The van der Waals surface area contributed by atoms with Crippen LogP contribution in [0.4, 0.5) is 0 Å². The second kappa shape index (κ2) is 23.9. The van der Waals surface area contributed by atoms with E-state index in [1.165, 1.54) is 44.9 Å². The van der Waals surface area contributed by atoms with E-state index in [0.717, 1.165) is 38.5 Å². The van der Waals surface area contributed by atoms with Gasteiger partial charge in [0.15, 0.2) is 0 Å². The Bertz CT molecular complexity index is 474. The van der Waals surface area contributed by atoms with Gasteiger partial charge >= 0.3 is 0 Å². The standard InChI is InChI=1S/C21H42NO6P.2H3N/c1-2-3-4-5-6-7-8-9-10-11-12-13-14-15-16-17-21(24)22-20(18-23)19-28-29(25,26)27;;/h9-10,20,23H,2-8,11-19H2,1H3,(H,22,24)(H2,25,26,27);2*1H3/t20-;;/m1../s1. The van der Waals surface area contributed by atoms with Crippen LogP contribution in [0.15, 0.2) is 12.2 Å². The van der Waals surface area contributed by atoms with Crippen LogP contribution in [0.3, 0.4) is 0 Å². The Hall–Kier alpha value is -0.800. The predicted octanol–water partition coefficient (Wildman–Crippen LogP) is 4.10. The molecule has 0 rings (SSSR count). The third-order valence-corrected chi connectivity index (χ3v) is 5.15. The van der Waals surface area contributed by atoms with Gasteiger partial charge in [-0.15, -0.1) is 0 Å². The minimum Gasteiger partial charge on any atom is -0.790 e. The molecule has 0 aromatic carbocycles. The lowest BCUT2D eigenvalue weighted by Gasteiger charge is -2.30. The van der Waals surface area contributed by atoms with Crippen molar-refractivity contribution in [3.8, 4) is 0 Å².